The number of aryl methyl sites for hydroxylation is 2. The van der Waals surface area contributed by atoms with E-state index in [4.69, 9.17) is 32.3 Å². The lowest BCUT2D eigenvalue weighted by atomic mass is 10.3. The summed E-state index contributed by atoms with van der Waals surface area (Å²) in [5.74, 6) is 0.689. The van der Waals surface area contributed by atoms with Crippen LogP contribution in [-0.4, -0.2) is 45.2 Å². The Labute approximate surface area is 207 Å². The first-order valence-corrected chi connectivity index (χ1v) is 13.2. The predicted octanol–water partition coefficient (Wildman–Crippen LogP) is 2.11. The number of nitrogen functional groups attached to an aromatic ring is 2. The van der Waals surface area contributed by atoms with Gasteiger partial charge in [-0.15, -0.1) is 0 Å². The van der Waals surface area contributed by atoms with Crippen molar-refractivity contribution in [1.29, 1.82) is 0 Å². The zero-order valence-electron chi connectivity index (χ0n) is 19.8. The van der Waals surface area contributed by atoms with Crippen molar-refractivity contribution in [2.75, 3.05) is 31.3 Å². The van der Waals surface area contributed by atoms with Crippen LogP contribution in [0.2, 0.25) is 5.15 Å². The van der Waals surface area contributed by atoms with E-state index >= 15 is 0 Å². The van der Waals surface area contributed by atoms with Gasteiger partial charge in [-0.3, -0.25) is 9.36 Å². The summed E-state index contributed by atoms with van der Waals surface area (Å²) >= 11 is 5.91. The Hall–Kier alpha value is -2.92. The molecule has 3 aromatic rings. The number of nitrogens with zero attached hydrogens (tertiary/aromatic N) is 4. The van der Waals surface area contributed by atoms with Gasteiger partial charge >= 0.3 is 7.60 Å². The highest BCUT2D eigenvalue weighted by molar-refractivity contribution is 7.52. The maximum atomic E-state index is 12.8. The number of imidazole rings is 1. The smallest absolute Gasteiger partial charge is 0.328 e. The molecule has 0 saturated carbocycles. The largest absolute Gasteiger partial charge is 0.497 e. The summed E-state index contributed by atoms with van der Waals surface area (Å²) in [6, 6.07) is 5.65. The van der Waals surface area contributed by atoms with E-state index < -0.39 is 13.5 Å². The molecule has 0 spiro atoms. The first-order valence-electron chi connectivity index (χ1n) is 11.0. The van der Waals surface area contributed by atoms with Crippen molar-refractivity contribution >= 4 is 47.8 Å². The maximum absolute atomic E-state index is 12.8. The number of aromatic nitrogens is 4. The highest BCUT2D eigenvalue weighted by Gasteiger charge is 2.27. The van der Waals surface area contributed by atoms with E-state index in [1.165, 1.54) is 0 Å². The van der Waals surface area contributed by atoms with E-state index in [1.807, 2.05) is 34.3 Å². The molecule has 1 unspecified atom stereocenters. The Morgan fingerprint density at radius 2 is 2.03 bits per heavy atom. The van der Waals surface area contributed by atoms with Crippen molar-refractivity contribution in [2.45, 2.75) is 39.9 Å². The van der Waals surface area contributed by atoms with Gasteiger partial charge in [0.05, 0.1) is 33.0 Å². The van der Waals surface area contributed by atoms with E-state index in [2.05, 4.69) is 15.3 Å². The van der Waals surface area contributed by atoms with Crippen molar-refractivity contribution in [3.05, 3.63) is 34.9 Å². The van der Waals surface area contributed by atoms with E-state index in [0.29, 0.717) is 25.3 Å². The lowest BCUT2D eigenvalue weighted by Crippen LogP contribution is -2.41. The molecule has 0 radical (unpaired) electrons. The van der Waals surface area contributed by atoms with Gasteiger partial charge in [-0.25, -0.2) is 19.1 Å². The third kappa shape index (κ3) is 6.02. The van der Waals surface area contributed by atoms with Crippen molar-refractivity contribution in [3.8, 4) is 5.75 Å². The third-order valence-corrected chi connectivity index (χ3v) is 7.20. The number of amides is 1. The number of methoxy groups -OCH3 is 1. The Morgan fingerprint density at radius 1 is 1.29 bits per heavy atom. The van der Waals surface area contributed by atoms with Gasteiger partial charge in [-0.05, 0) is 32.4 Å². The number of hydrogen-bond donors (Lipinski definition) is 4. The number of ether oxygens (including phenoxy) is 1. The van der Waals surface area contributed by atoms with Crippen LogP contribution >= 0.6 is 19.2 Å². The summed E-state index contributed by atoms with van der Waals surface area (Å²) in [6.07, 6.45) is 0.394. The standard InChI is InChI=1S/C21H29ClN7O5P/c1-4-28-15-11-13(33-3)7-8-14(15)29(9-6-10-35(31,32)34-5-2)16(28)12-25-21(30)17-19(23)27-20(24)18(22)26-17/h7-8,11H,4-6,9-10,12H2,1-3H3,(H5-,23,24,25,27,30,31,32)/p+1. The van der Waals surface area contributed by atoms with Gasteiger partial charge in [0.1, 0.15) is 12.3 Å². The minimum absolute atomic E-state index is 0.00461. The quantitative estimate of drug-likeness (QED) is 0.215. The van der Waals surface area contributed by atoms with E-state index in [1.54, 1.807) is 14.0 Å². The van der Waals surface area contributed by atoms with E-state index in [9.17, 15) is 14.3 Å². The molecule has 2 heterocycles. The predicted molar refractivity (Wildman–Crippen MR) is 132 cm³/mol. The number of nitrogens with one attached hydrogen (secondary N) is 1. The van der Waals surface area contributed by atoms with Crippen LogP contribution in [0.15, 0.2) is 18.2 Å². The molecule has 2 aromatic heterocycles. The molecule has 3 rings (SSSR count). The second kappa shape index (κ2) is 11.2. The number of fused-ring (bicyclic) bond motifs is 1. The van der Waals surface area contributed by atoms with Crippen molar-refractivity contribution in [2.24, 2.45) is 0 Å². The van der Waals surface area contributed by atoms with Crippen LogP contribution < -0.4 is 26.1 Å². The monoisotopic (exact) mass is 526 g/mol. The fraction of sp³-hybridized carbons (Fsp3) is 0.429. The molecule has 0 fully saturated rings. The molecular formula is C21H30ClN7O5P+. The van der Waals surface area contributed by atoms with Crippen LogP contribution in [0.1, 0.15) is 36.6 Å². The summed E-state index contributed by atoms with van der Waals surface area (Å²) in [5, 5.41) is 2.70. The summed E-state index contributed by atoms with van der Waals surface area (Å²) < 4.78 is 26.5. The second-order valence-corrected chi connectivity index (χ2v) is 9.95. The molecule has 35 heavy (non-hydrogen) atoms. The number of hydrogen-bond acceptors (Lipinski definition) is 8. The van der Waals surface area contributed by atoms with Crippen LogP contribution in [0.4, 0.5) is 11.6 Å². The number of carbonyl (C=O) groups excluding carboxylic acids is 1. The number of rotatable bonds is 11. The van der Waals surface area contributed by atoms with Gasteiger partial charge in [-0.1, -0.05) is 11.6 Å². The average Bonchev–Trinajstić information content (AvgIpc) is 3.11. The van der Waals surface area contributed by atoms with Crippen molar-refractivity contribution < 1.29 is 28.1 Å². The van der Waals surface area contributed by atoms with Gasteiger partial charge in [0.15, 0.2) is 33.5 Å². The molecule has 0 aliphatic carbocycles. The number of carbonyl (C=O) groups is 1. The first kappa shape index (κ1) is 26.7. The molecule has 190 valence electrons. The molecule has 14 heteroatoms. The van der Waals surface area contributed by atoms with Crippen LogP contribution in [0.5, 0.6) is 5.75 Å². The molecule has 12 nitrogen and oxygen atoms in total. The Balaban J connectivity index is 1.94. The summed E-state index contributed by atoms with van der Waals surface area (Å²) in [6.45, 7) is 4.97. The van der Waals surface area contributed by atoms with Gasteiger partial charge in [0, 0.05) is 6.07 Å². The number of halogens is 1. The molecule has 6 N–H and O–H groups in total. The van der Waals surface area contributed by atoms with Crippen LogP contribution in [-0.2, 0) is 28.7 Å². The lowest BCUT2D eigenvalue weighted by Gasteiger charge is -2.11. The zero-order valence-corrected chi connectivity index (χ0v) is 21.5. The lowest BCUT2D eigenvalue weighted by molar-refractivity contribution is -0.680. The highest BCUT2D eigenvalue weighted by Crippen LogP contribution is 2.42. The van der Waals surface area contributed by atoms with Gasteiger partial charge in [0.2, 0.25) is 0 Å². The molecule has 0 aliphatic rings. The van der Waals surface area contributed by atoms with Crippen molar-refractivity contribution in [3.63, 3.8) is 0 Å². The topological polar surface area (TPSA) is 171 Å². The minimum Gasteiger partial charge on any atom is -0.497 e. The fourth-order valence-corrected chi connectivity index (χ4v) is 5.04. The molecule has 1 atom stereocenters. The molecule has 1 amide bonds. The SMILES string of the molecule is CCOP(=O)(O)CCC[n+]1c(CNC(=O)c2nc(Cl)c(N)nc2N)n(CC)c2cc(OC)ccc21. The van der Waals surface area contributed by atoms with Crippen LogP contribution in [0.3, 0.4) is 0 Å². The molecule has 0 saturated heterocycles. The van der Waals surface area contributed by atoms with Gasteiger partial charge in [0.25, 0.3) is 11.7 Å². The van der Waals surface area contributed by atoms with E-state index in [0.717, 1.165) is 16.9 Å². The Bertz CT molecular complexity index is 1280. The molecule has 1 aromatic carbocycles. The molecular weight excluding hydrogens is 497 g/mol. The van der Waals surface area contributed by atoms with Gasteiger partial charge < -0.3 is 30.9 Å². The van der Waals surface area contributed by atoms with Crippen LogP contribution in [0.25, 0.3) is 11.0 Å². The number of benzene rings is 1. The summed E-state index contributed by atoms with van der Waals surface area (Å²) in [7, 11) is -2.08. The minimum atomic E-state index is -3.67. The van der Waals surface area contributed by atoms with Crippen molar-refractivity contribution in [1.82, 2.24) is 19.9 Å². The first-order chi connectivity index (χ1) is 16.6. The van der Waals surface area contributed by atoms with Crippen LogP contribution in [0, 0.1) is 0 Å². The Kier molecular flexibility index (Phi) is 8.55. The zero-order chi connectivity index (χ0) is 25.8. The summed E-state index contributed by atoms with van der Waals surface area (Å²) in [4.78, 5) is 30.6. The second-order valence-electron chi connectivity index (χ2n) is 7.62. The maximum Gasteiger partial charge on any atom is 0.328 e. The summed E-state index contributed by atoms with van der Waals surface area (Å²) in [5.41, 5.74) is 13.1. The number of anilines is 2. The Morgan fingerprint density at radius 3 is 2.69 bits per heavy atom. The normalized spacial score (nSPS) is 13.1. The van der Waals surface area contributed by atoms with Gasteiger partial charge in [-0.2, -0.15) is 0 Å². The average molecular weight is 527 g/mol. The highest BCUT2D eigenvalue weighted by atomic mass is 35.5. The van der Waals surface area contributed by atoms with E-state index in [-0.39, 0.29) is 41.8 Å². The molecule has 0 aliphatic heterocycles. The fourth-order valence-electron chi connectivity index (χ4n) is 3.84. The third-order valence-electron chi connectivity index (χ3n) is 5.38. The number of nitrogens with two attached hydrogens (primary N) is 2. The molecule has 0 bridgehead atoms.